The maximum atomic E-state index is 4.06. The highest BCUT2D eigenvalue weighted by Crippen LogP contribution is 2.35. The first-order valence-corrected chi connectivity index (χ1v) is 7.07. The molecule has 2 rings (SSSR count). The molecule has 0 radical (unpaired) electrons. The Morgan fingerprint density at radius 1 is 1.07 bits per heavy atom. The molecule has 15 heavy (non-hydrogen) atoms. The zero-order chi connectivity index (χ0) is 10.8. The van der Waals surface area contributed by atoms with E-state index in [1.807, 2.05) is 19.0 Å². The number of anilines is 1. The lowest BCUT2D eigenvalue weighted by molar-refractivity contribution is 0.965. The van der Waals surface area contributed by atoms with E-state index in [9.17, 15) is 0 Å². The molecule has 0 atom stereocenters. The zero-order valence-electron chi connectivity index (χ0n) is 7.84. The van der Waals surface area contributed by atoms with Gasteiger partial charge in [-0.15, -0.1) is 20.4 Å². The van der Waals surface area contributed by atoms with Gasteiger partial charge >= 0.3 is 0 Å². The van der Waals surface area contributed by atoms with Crippen LogP contribution < -0.4 is 4.90 Å². The molecule has 2 aromatic heterocycles. The van der Waals surface area contributed by atoms with E-state index in [1.165, 1.54) is 34.4 Å². The molecule has 0 fully saturated rings. The van der Waals surface area contributed by atoms with Gasteiger partial charge < -0.3 is 4.90 Å². The van der Waals surface area contributed by atoms with E-state index in [1.54, 1.807) is 0 Å². The smallest absolute Gasteiger partial charge is 0.208 e. The van der Waals surface area contributed by atoms with Crippen LogP contribution in [0, 0.1) is 0 Å². The van der Waals surface area contributed by atoms with Crippen molar-refractivity contribution in [2.45, 2.75) is 8.68 Å². The van der Waals surface area contributed by atoms with Gasteiger partial charge in [-0.2, -0.15) is 0 Å². The van der Waals surface area contributed by atoms with Crippen molar-refractivity contribution in [1.82, 2.24) is 20.4 Å². The van der Waals surface area contributed by atoms with Crippen LogP contribution in [0.4, 0.5) is 5.13 Å². The minimum absolute atomic E-state index is 0.780. The van der Waals surface area contributed by atoms with E-state index in [4.69, 9.17) is 0 Å². The summed E-state index contributed by atoms with van der Waals surface area (Å²) >= 11 is 7.76. The molecule has 5 nitrogen and oxygen atoms in total. The lowest BCUT2D eigenvalue weighted by Gasteiger charge is -2.03. The Labute approximate surface area is 107 Å². The number of rotatable bonds is 3. The molecule has 0 aliphatic heterocycles. The van der Waals surface area contributed by atoms with E-state index in [-0.39, 0.29) is 0 Å². The van der Waals surface area contributed by atoms with Crippen LogP contribution in [-0.2, 0) is 0 Å². The molecule has 2 aromatic rings. The van der Waals surface area contributed by atoms with Crippen LogP contribution in [0.3, 0.4) is 0 Å². The average Bonchev–Trinajstić information content (AvgIpc) is 2.76. The summed E-state index contributed by atoms with van der Waals surface area (Å²) in [6.45, 7) is 0. The van der Waals surface area contributed by atoms with E-state index < -0.39 is 0 Å². The van der Waals surface area contributed by atoms with Crippen molar-refractivity contribution in [2.24, 2.45) is 0 Å². The SMILES string of the molecule is CN(C)c1nnc(Sc2nnc(Br)s2)s1. The molecule has 0 aliphatic rings. The highest BCUT2D eigenvalue weighted by molar-refractivity contribution is 9.11. The first-order chi connectivity index (χ1) is 7.15. The molecule has 0 saturated heterocycles. The summed E-state index contributed by atoms with van der Waals surface area (Å²) in [5, 5.41) is 16.8. The van der Waals surface area contributed by atoms with Crippen molar-refractivity contribution in [3.63, 3.8) is 0 Å². The number of hydrogen-bond acceptors (Lipinski definition) is 8. The van der Waals surface area contributed by atoms with Gasteiger partial charge in [-0.1, -0.05) is 22.7 Å². The van der Waals surface area contributed by atoms with Crippen molar-refractivity contribution in [1.29, 1.82) is 0 Å². The van der Waals surface area contributed by atoms with Gasteiger partial charge in [0, 0.05) is 14.1 Å². The third kappa shape index (κ3) is 2.86. The van der Waals surface area contributed by atoms with Gasteiger partial charge in [-0.05, 0) is 27.7 Å². The lowest BCUT2D eigenvalue weighted by Crippen LogP contribution is -2.07. The molecule has 0 bridgehead atoms. The molecule has 0 aliphatic carbocycles. The summed E-state index contributed by atoms with van der Waals surface area (Å²) < 4.78 is 2.52. The first kappa shape index (κ1) is 11.2. The van der Waals surface area contributed by atoms with Gasteiger partial charge in [-0.3, -0.25) is 0 Å². The fourth-order valence-corrected chi connectivity index (χ4v) is 4.14. The average molecular weight is 324 g/mol. The summed E-state index contributed by atoms with van der Waals surface area (Å²) in [6.07, 6.45) is 0. The topological polar surface area (TPSA) is 54.8 Å². The third-order valence-electron chi connectivity index (χ3n) is 1.33. The Hall–Kier alpha value is -0.250. The summed E-state index contributed by atoms with van der Waals surface area (Å²) in [6, 6.07) is 0. The Morgan fingerprint density at radius 2 is 1.73 bits per heavy atom. The maximum absolute atomic E-state index is 4.06. The first-order valence-electron chi connectivity index (χ1n) is 3.83. The van der Waals surface area contributed by atoms with Crippen LogP contribution in [0.15, 0.2) is 12.6 Å². The van der Waals surface area contributed by atoms with Crippen molar-refractivity contribution in [2.75, 3.05) is 19.0 Å². The van der Waals surface area contributed by atoms with Crippen LogP contribution >= 0.6 is 50.4 Å². The summed E-state index contributed by atoms with van der Waals surface area (Å²) in [4.78, 5) is 1.93. The molecule has 0 saturated carbocycles. The monoisotopic (exact) mass is 323 g/mol. The summed E-state index contributed by atoms with van der Waals surface area (Å²) in [7, 11) is 3.88. The largest absolute Gasteiger partial charge is 0.353 e. The molecule has 80 valence electrons. The van der Waals surface area contributed by atoms with E-state index >= 15 is 0 Å². The predicted molar refractivity (Wildman–Crippen MR) is 66.0 cm³/mol. The zero-order valence-corrected chi connectivity index (χ0v) is 11.9. The van der Waals surface area contributed by atoms with Gasteiger partial charge in [0.2, 0.25) is 5.13 Å². The molecular weight excluding hydrogens is 318 g/mol. The molecule has 0 unspecified atom stereocenters. The minimum atomic E-state index is 0.780. The van der Waals surface area contributed by atoms with E-state index in [0.29, 0.717) is 0 Å². The van der Waals surface area contributed by atoms with Crippen LogP contribution in [0.5, 0.6) is 0 Å². The van der Waals surface area contributed by atoms with Crippen LogP contribution in [0.2, 0.25) is 0 Å². The number of hydrogen-bond donors (Lipinski definition) is 0. The molecule has 2 heterocycles. The van der Waals surface area contributed by atoms with E-state index in [0.717, 1.165) is 17.7 Å². The number of aromatic nitrogens is 4. The lowest BCUT2D eigenvalue weighted by atomic mass is 10.9. The maximum Gasteiger partial charge on any atom is 0.208 e. The second kappa shape index (κ2) is 4.73. The summed E-state index contributed by atoms with van der Waals surface area (Å²) in [5.74, 6) is 0. The highest BCUT2D eigenvalue weighted by atomic mass is 79.9. The Balaban J connectivity index is 2.11. The van der Waals surface area contributed by atoms with Gasteiger partial charge in [0.25, 0.3) is 0 Å². The minimum Gasteiger partial charge on any atom is -0.353 e. The van der Waals surface area contributed by atoms with Crippen LogP contribution in [0.25, 0.3) is 0 Å². The Bertz CT molecular complexity index is 453. The molecular formula is C6H6BrN5S3. The molecule has 0 N–H and O–H groups in total. The number of halogens is 1. The Kier molecular flexibility index (Phi) is 3.54. The molecule has 0 amide bonds. The Morgan fingerprint density at radius 3 is 2.27 bits per heavy atom. The second-order valence-electron chi connectivity index (χ2n) is 2.67. The second-order valence-corrected chi connectivity index (χ2v) is 7.37. The van der Waals surface area contributed by atoms with Crippen LogP contribution in [0.1, 0.15) is 0 Å². The van der Waals surface area contributed by atoms with Crippen LogP contribution in [-0.4, -0.2) is 34.5 Å². The van der Waals surface area contributed by atoms with Crippen molar-refractivity contribution < 1.29 is 0 Å². The van der Waals surface area contributed by atoms with Gasteiger partial charge in [0.1, 0.15) is 0 Å². The predicted octanol–water partition coefficient (Wildman–Crippen LogP) is 2.37. The van der Waals surface area contributed by atoms with Gasteiger partial charge in [0.05, 0.1) is 0 Å². The number of nitrogens with zero attached hydrogens (tertiary/aromatic N) is 5. The van der Waals surface area contributed by atoms with Gasteiger partial charge in [0.15, 0.2) is 12.6 Å². The van der Waals surface area contributed by atoms with Crippen molar-refractivity contribution in [3.05, 3.63) is 3.92 Å². The van der Waals surface area contributed by atoms with E-state index in [2.05, 4.69) is 36.3 Å². The quantitative estimate of drug-likeness (QED) is 0.864. The van der Waals surface area contributed by atoms with Crippen molar-refractivity contribution >= 4 is 55.5 Å². The molecule has 0 spiro atoms. The summed E-state index contributed by atoms with van der Waals surface area (Å²) in [5.41, 5.74) is 0. The standard InChI is InChI=1S/C6H6BrN5S3/c1-12(2)4-9-11-6(14-4)15-5-10-8-3(7)13-5/h1-2H3. The van der Waals surface area contributed by atoms with Gasteiger partial charge in [-0.25, -0.2) is 0 Å². The fraction of sp³-hybridized carbons (Fsp3) is 0.333. The normalized spacial score (nSPS) is 10.6. The highest BCUT2D eigenvalue weighted by Gasteiger charge is 2.10. The molecule has 9 heteroatoms. The third-order valence-corrected chi connectivity index (χ3v) is 4.88. The molecule has 0 aromatic carbocycles. The fourth-order valence-electron chi connectivity index (χ4n) is 0.733. The van der Waals surface area contributed by atoms with Crippen molar-refractivity contribution in [3.8, 4) is 0 Å².